The fourth-order valence-electron chi connectivity index (χ4n) is 3.69. The molecule has 0 aromatic heterocycles. The zero-order chi connectivity index (χ0) is 20.2. The number of fused-ring (bicyclic) bond motifs is 1. The van der Waals surface area contributed by atoms with Gasteiger partial charge in [0.1, 0.15) is 5.82 Å². The maximum atomic E-state index is 13.3. The first-order chi connectivity index (χ1) is 14.1. The average Bonchev–Trinajstić information content (AvgIpc) is 3.19. The van der Waals surface area contributed by atoms with Crippen molar-refractivity contribution >= 4 is 11.8 Å². The van der Waals surface area contributed by atoms with Crippen molar-refractivity contribution in [3.63, 3.8) is 0 Å². The van der Waals surface area contributed by atoms with E-state index in [4.69, 9.17) is 9.47 Å². The van der Waals surface area contributed by atoms with Crippen molar-refractivity contribution in [1.29, 1.82) is 0 Å². The zero-order valence-corrected chi connectivity index (χ0v) is 16.0. The maximum absolute atomic E-state index is 13.3. The molecule has 0 unspecified atom stereocenters. The Hall–Kier alpha value is -3.09. The summed E-state index contributed by atoms with van der Waals surface area (Å²) in [5.74, 6) is 0.845. The molecule has 2 aromatic rings. The van der Waals surface area contributed by atoms with Gasteiger partial charge in [-0.2, -0.15) is 0 Å². The lowest BCUT2D eigenvalue weighted by Crippen LogP contribution is -2.46. The van der Waals surface area contributed by atoms with Crippen molar-refractivity contribution in [3.8, 4) is 11.5 Å². The standard InChI is InChI=1S/C22H23FN2O4/c23-18-3-1-2-15(10-18)8-9-25-13-17(5-7-21(25)26)22(27)24-12-16-4-6-19-20(11-16)29-14-28-19/h1-4,6,10-11,17H,5,7-9,12-14H2,(H,24,27)/t17-/m1/s1. The van der Waals surface area contributed by atoms with Crippen molar-refractivity contribution in [1.82, 2.24) is 10.2 Å². The van der Waals surface area contributed by atoms with E-state index in [-0.39, 0.29) is 30.3 Å². The Morgan fingerprint density at radius 3 is 2.86 bits per heavy atom. The lowest BCUT2D eigenvalue weighted by atomic mass is 9.96. The van der Waals surface area contributed by atoms with Crippen LogP contribution in [0.3, 0.4) is 0 Å². The highest BCUT2D eigenvalue weighted by atomic mass is 19.1. The number of likely N-dealkylation sites (tertiary alicyclic amines) is 1. The molecule has 2 heterocycles. The van der Waals surface area contributed by atoms with Gasteiger partial charge in [0.25, 0.3) is 0 Å². The van der Waals surface area contributed by atoms with E-state index in [9.17, 15) is 14.0 Å². The quantitative estimate of drug-likeness (QED) is 0.812. The molecule has 2 aliphatic heterocycles. The topological polar surface area (TPSA) is 67.9 Å². The van der Waals surface area contributed by atoms with E-state index in [1.54, 1.807) is 11.0 Å². The first-order valence-corrected chi connectivity index (χ1v) is 9.77. The van der Waals surface area contributed by atoms with E-state index in [0.717, 1.165) is 11.1 Å². The van der Waals surface area contributed by atoms with E-state index < -0.39 is 0 Å². The summed E-state index contributed by atoms with van der Waals surface area (Å²) >= 11 is 0. The van der Waals surface area contributed by atoms with Gasteiger partial charge in [0, 0.05) is 26.1 Å². The molecule has 1 N–H and O–H groups in total. The average molecular weight is 398 g/mol. The normalized spacial score (nSPS) is 18.0. The van der Waals surface area contributed by atoms with Gasteiger partial charge in [-0.1, -0.05) is 18.2 Å². The van der Waals surface area contributed by atoms with Crippen LogP contribution in [0.25, 0.3) is 0 Å². The van der Waals surface area contributed by atoms with Gasteiger partial charge < -0.3 is 19.7 Å². The van der Waals surface area contributed by atoms with Crippen LogP contribution in [0.2, 0.25) is 0 Å². The number of carbonyl (C=O) groups is 2. The molecule has 0 radical (unpaired) electrons. The molecule has 6 nitrogen and oxygen atoms in total. The number of benzene rings is 2. The van der Waals surface area contributed by atoms with Crippen LogP contribution in [0.1, 0.15) is 24.0 Å². The van der Waals surface area contributed by atoms with Gasteiger partial charge in [0.05, 0.1) is 5.92 Å². The second-order valence-electron chi connectivity index (χ2n) is 7.36. The summed E-state index contributed by atoms with van der Waals surface area (Å²) in [6.07, 6.45) is 1.46. The lowest BCUT2D eigenvalue weighted by Gasteiger charge is -2.32. The zero-order valence-electron chi connectivity index (χ0n) is 16.0. The largest absolute Gasteiger partial charge is 0.454 e. The van der Waals surface area contributed by atoms with Crippen molar-refractivity contribution in [2.24, 2.45) is 5.92 Å². The Balaban J connectivity index is 1.30. The Kier molecular flexibility index (Phi) is 5.64. The van der Waals surface area contributed by atoms with Gasteiger partial charge in [0.2, 0.25) is 18.6 Å². The summed E-state index contributed by atoms with van der Waals surface area (Å²) in [4.78, 5) is 26.6. The maximum Gasteiger partial charge on any atom is 0.231 e. The van der Waals surface area contributed by atoms with Gasteiger partial charge in [0.15, 0.2) is 11.5 Å². The number of hydrogen-bond donors (Lipinski definition) is 1. The fraction of sp³-hybridized carbons (Fsp3) is 0.364. The summed E-state index contributed by atoms with van der Waals surface area (Å²) in [7, 11) is 0. The molecule has 0 aliphatic carbocycles. The number of nitrogens with one attached hydrogen (secondary N) is 1. The van der Waals surface area contributed by atoms with Crippen LogP contribution in [-0.2, 0) is 22.6 Å². The SMILES string of the molecule is O=C(NCc1ccc2c(c1)OCO2)[C@@H]1CCC(=O)N(CCc2cccc(F)c2)C1. The summed E-state index contributed by atoms with van der Waals surface area (Å²) in [6, 6.07) is 12.0. The minimum atomic E-state index is -0.284. The molecule has 1 fully saturated rings. The number of amides is 2. The Morgan fingerprint density at radius 2 is 2.00 bits per heavy atom. The van der Waals surface area contributed by atoms with E-state index in [1.165, 1.54) is 12.1 Å². The monoisotopic (exact) mass is 398 g/mol. The first-order valence-electron chi connectivity index (χ1n) is 9.77. The van der Waals surface area contributed by atoms with Crippen molar-refractivity contribution in [2.45, 2.75) is 25.8 Å². The lowest BCUT2D eigenvalue weighted by molar-refractivity contribution is -0.138. The Bertz CT molecular complexity index is 917. The predicted octanol–water partition coefficient (Wildman–Crippen LogP) is 2.65. The van der Waals surface area contributed by atoms with Crippen LogP contribution in [0.5, 0.6) is 11.5 Å². The molecule has 2 aliphatic rings. The summed E-state index contributed by atoms with van der Waals surface area (Å²) in [6.45, 7) is 1.48. The van der Waals surface area contributed by atoms with Crippen molar-refractivity contribution in [2.75, 3.05) is 19.9 Å². The van der Waals surface area contributed by atoms with Crippen molar-refractivity contribution in [3.05, 3.63) is 59.4 Å². The van der Waals surface area contributed by atoms with E-state index in [2.05, 4.69) is 5.32 Å². The number of halogens is 1. The third kappa shape index (κ3) is 4.67. The number of piperidine rings is 1. The molecule has 1 atom stereocenters. The fourth-order valence-corrected chi connectivity index (χ4v) is 3.69. The van der Waals surface area contributed by atoms with Gasteiger partial charge in [-0.05, 0) is 48.2 Å². The number of rotatable bonds is 6. The number of carbonyl (C=O) groups excluding carboxylic acids is 2. The van der Waals surface area contributed by atoms with Crippen molar-refractivity contribution < 1.29 is 23.5 Å². The Morgan fingerprint density at radius 1 is 1.14 bits per heavy atom. The van der Waals surface area contributed by atoms with Gasteiger partial charge in [-0.3, -0.25) is 9.59 Å². The Labute approximate surface area is 168 Å². The van der Waals surface area contributed by atoms with Crippen LogP contribution in [0.4, 0.5) is 4.39 Å². The highest BCUT2D eigenvalue weighted by molar-refractivity contribution is 5.83. The highest BCUT2D eigenvalue weighted by Crippen LogP contribution is 2.32. The third-order valence-electron chi connectivity index (χ3n) is 5.33. The molecule has 2 amide bonds. The van der Waals surface area contributed by atoms with Gasteiger partial charge in [-0.15, -0.1) is 0 Å². The number of ether oxygens (including phenoxy) is 2. The van der Waals surface area contributed by atoms with Crippen LogP contribution in [0, 0.1) is 11.7 Å². The second-order valence-corrected chi connectivity index (χ2v) is 7.36. The second kappa shape index (κ2) is 8.51. The molecule has 4 rings (SSSR count). The molecular formula is C22H23FN2O4. The molecular weight excluding hydrogens is 375 g/mol. The third-order valence-corrected chi connectivity index (χ3v) is 5.33. The summed E-state index contributed by atoms with van der Waals surface area (Å²) in [5.41, 5.74) is 1.77. The highest BCUT2D eigenvalue weighted by Gasteiger charge is 2.30. The molecule has 7 heteroatoms. The first kappa shape index (κ1) is 19.2. The van der Waals surface area contributed by atoms with Crippen LogP contribution >= 0.6 is 0 Å². The van der Waals surface area contributed by atoms with Gasteiger partial charge in [-0.25, -0.2) is 4.39 Å². The summed E-state index contributed by atoms with van der Waals surface area (Å²) in [5, 5.41) is 2.95. The molecule has 1 saturated heterocycles. The smallest absolute Gasteiger partial charge is 0.231 e. The number of nitrogens with zero attached hydrogens (tertiary/aromatic N) is 1. The van der Waals surface area contributed by atoms with E-state index in [0.29, 0.717) is 50.4 Å². The molecule has 0 spiro atoms. The number of hydrogen-bond acceptors (Lipinski definition) is 4. The van der Waals surface area contributed by atoms with Crippen LogP contribution < -0.4 is 14.8 Å². The van der Waals surface area contributed by atoms with Crippen LogP contribution in [-0.4, -0.2) is 36.6 Å². The molecule has 0 saturated carbocycles. The molecule has 29 heavy (non-hydrogen) atoms. The minimum absolute atomic E-state index is 0.0428. The molecule has 2 aromatic carbocycles. The van der Waals surface area contributed by atoms with Crippen LogP contribution in [0.15, 0.2) is 42.5 Å². The molecule has 152 valence electrons. The minimum Gasteiger partial charge on any atom is -0.454 e. The van der Waals surface area contributed by atoms with E-state index in [1.807, 2.05) is 24.3 Å². The van der Waals surface area contributed by atoms with E-state index >= 15 is 0 Å². The predicted molar refractivity (Wildman–Crippen MR) is 104 cm³/mol. The summed E-state index contributed by atoms with van der Waals surface area (Å²) < 4.78 is 24.0. The van der Waals surface area contributed by atoms with Gasteiger partial charge >= 0.3 is 0 Å². The molecule has 0 bridgehead atoms.